The van der Waals surface area contributed by atoms with Crippen LogP contribution in [0, 0.1) is 0 Å². The number of rotatable bonds is 7. The molecule has 1 atom stereocenters. The van der Waals surface area contributed by atoms with Gasteiger partial charge in [-0.2, -0.15) is 0 Å². The summed E-state index contributed by atoms with van der Waals surface area (Å²) in [6.45, 7) is 0. The number of ether oxygens (including phenoxy) is 4. The lowest BCUT2D eigenvalue weighted by Crippen LogP contribution is -2.35. The summed E-state index contributed by atoms with van der Waals surface area (Å²) in [6, 6.07) is 11.3. The number of methoxy groups -OCH3 is 4. The van der Waals surface area contributed by atoms with Gasteiger partial charge < -0.3 is 29.4 Å². The van der Waals surface area contributed by atoms with Crippen molar-refractivity contribution in [1.29, 1.82) is 0 Å². The first-order valence-corrected chi connectivity index (χ1v) is 12.0. The Hall–Kier alpha value is -3.47. The zero-order chi connectivity index (χ0) is 25.5. The van der Waals surface area contributed by atoms with Gasteiger partial charge >= 0.3 is 0 Å². The fourth-order valence-corrected chi connectivity index (χ4v) is 5.90. The number of nitrogens with one attached hydrogen (secondary N) is 1. The predicted molar refractivity (Wildman–Crippen MR) is 128 cm³/mol. The maximum atomic E-state index is 13.7. The first-order valence-electron chi connectivity index (χ1n) is 10.2. The van der Waals surface area contributed by atoms with E-state index in [-0.39, 0.29) is 43.1 Å². The van der Waals surface area contributed by atoms with E-state index in [9.17, 15) is 18.3 Å². The van der Waals surface area contributed by atoms with E-state index >= 15 is 0 Å². The van der Waals surface area contributed by atoms with E-state index in [0.717, 1.165) is 0 Å². The Morgan fingerprint density at radius 1 is 0.800 bits per heavy atom. The number of amides is 1. The Morgan fingerprint density at radius 2 is 1.43 bits per heavy atom. The molecule has 3 aromatic carbocycles. The number of sulfone groups is 1. The normalized spacial score (nSPS) is 16.9. The van der Waals surface area contributed by atoms with Gasteiger partial charge in [0.25, 0.3) is 5.91 Å². The number of carbonyl (C=O) groups excluding carboxylic acids is 1. The van der Waals surface area contributed by atoms with Gasteiger partial charge in [-0.1, -0.05) is 11.6 Å². The molecule has 11 heteroatoms. The second-order valence-corrected chi connectivity index (χ2v) is 9.90. The number of hydrogen-bond acceptors (Lipinski definition) is 8. The molecule has 0 aliphatic carbocycles. The molecule has 1 heterocycles. The molecular formula is C24H22ClNO8S. The number of benzene rings is 3. The van der Waals surface area contributed by atoms with Crippen LogP contribution in [0.2, 0.25) is 5.02 Å². The molecule has 184 valence electrons. The summed E-state index contributed by atoms with van der Waals surface area (Å²) in [5, 5.41) is 14.2. The van der Waals surface area contributed by atoms with Crippen molar-refractivity contribution in [2.75, 3.05) is 33.8 Å². The second-order valence-electron chi connectivity index (χ2n) is 7.58. The molecule has 4 rings (SSSR count). The monoisotopic (exact) mass is 519 g/mol. The largest absolute Gasteiger partial charge is 0.497 e. The highest BCUT2D eigenvalue weighted by molar-refractivity contribution is 7.91. The molecule has 1 aliphatic rings. The molecular weight excluding hydrogens is 498 g/mol. The van der Waals surface area contributed by atoms with Crippen molar-refractivity contribution < 1.29 is 37.3 Å². The van der Waals surface area contributed by atoms with Crippen LogP contribution in [-0.4, -0.2) is 47.9 Å². The van der Waals surface area contributed by atoms with E-state index in [1.54, 1.807) is 6.07 Å². The van der Waals surface area contributed by atoms with E-state index in [1.165, 1.54) is 70.9 Å². The fraction of sp³-hybridized carbons (Fsp3) is 0.208. The maximum Gasteiger partial charge on any atom is 0.266 e. The molecule has 0 saturated carbocycles. The molecule has 0 spiro atoms. The number of hydrogen-bond donors (Lipinski definition) is 2. The number of fused-ring (bicyclic) bond motifs is 1. The molecule has 0 fully saturated rings. The van der Waals surface area contributed by atoms with Crippen molar-refractivity contribution in [1.82, 2.24) is 0 Å². The molecule has 1 amide bonds. The van der Waals surface area contributed by atoms with Crippen LogP contribution < -0.4 is 24.3 Å². The highest BCUT2D eigenvalue weighted by Gasteiger charge is 2.51. The van der Waals surface area contributed by atoms with Crippen molar-refractivity contribution in [2.24, 2.45) is 0 Å². The minimum Gasteiger partial charge on any atom is -0.497 e. The van der Waals surface area contributed by atoms with Gasteiger partial charge in [0.2, 0.25) is 9.84 Å². The van der Waals surface area contributed by atoms with Crippen LogP contribution in [0.15, 0.2) is 58.3 Å². The Labute approximate surface area is 207 Å². The lowest BCUT2D eigenvalue weighted by atomic mass is 9.86. The Kier molecular flexibility index (Phi) is 6.31. The summed E-state index contributed by atoms with van der Waals surface area (Å²) in [6.07, 6.45) is 0. The van der Waals surface area contributed by atoms with E-state index in [0.29, 0.717) is 11.5 Å². The van der Waals surface area contributed by atoms with Gasteiger partial charge in [-0.05, 0) is 42.5 Å². The lowest BCUT2D eigenvalue weighted by molar-refractivity contribution is -0.129. The first kappa shape index (κ1) is 24.6. The van der Waals surface area contributed by atoms with Gasteiger partial charge in [0.05, 0.1) is 39.0 Å². The molecule has 35 heavy (non-hydrogen) atoms. The van der Waals surface area contributed by atoms with Crippen LogP contribution in [0.1, 0.15) is 11.1 Å². The lowest BCUT2D eigenvalue weighted by Gasteiger charge is -2.24. The van der Waals surface area contributed by atoms with Gasteiger partial charge in [-0.3, -0.25) is 4.79 Å². The van der Waals surface area contributed by atoms with E-state index in [4.69, 9.17) is 30.5 Å². The van der Waals surface area contributed by atoms with Crippen LogP contribution in [0.4, 0.5) is 5.69 Å². The van der Waals surface area contributed by atoms with Crippen LogP contribution >= 0.6 is 11.6 Å². The number of halogens is 1. The van der Waals surface area contributed by atoms with Gasteiger partial charge in [-0.25, -0.2) is 8.42 Å². The van der Waals surface area contributed by atoms with Crippen molar-refractivity contribution in [3.63, 3.8) is 0 Å². The van der Waals surface area contributed by atoms with Gasteiger partial charge in [-0.15, -0.1) is 0 Å². The third-order valence-electron chi connectivity index (χ3n) is 5.77. The zero-order valence-electron chi connectivity index (χ0n) is 19.2. The molecule has 0 radical (unpaired) electrons. The SMILES string of the molecule is COc1ccc(S(=O)(=O)c2cc(Cl)cc3c2NC(=O)C3(O)c2cc(OC)ccc2OC)c(OC)c1. The third kappa shape index (κ3) is 3.83. The van der Waals surface area contributed by atoms with Crippen LogP contribution in [-0.2, 0) is 20.2 Å². The molecule has 9 nitrogen and oxygen atoms in total. The van der Waals surface area contributed by atoms with Gasteiger partial charge in [0.1, 0.15) is 27.9 Å². The van der Waals surface area contributed by atoms with Gasteiger partial charge in [0, 0.05) is 22.2 Å². The minimum absolute atomic E-state index is 0.00779. The molecule has 2 N–H and O–H groups in total. The van der Waals surface area contributed by atoms with Crippen LogP contribution in [0.3, 0.4) is 0 Å². The predicted octanol–water partition coefficient (Wildman–Crippen LogP) is 3.40. The summed E-state index contributed by atoms with van der Waals surface area (Å²) >= 11 is 6.32. The zero-order valence-corrected chi connectivity index (χ0v) is 20.8. The number of aliphatic hydroxyl groups is 1. The third-order valence-corrected chi connectivity index (χ3v) is 7.81. The Morgan fingerprint density at radius 3 is 2.06 bits per heavy atom. The second kappa shape index (κ2) is 8.95. The summed E-state index contributed by atoms with van der Waals surface area (Å²) in [7, 11) is 1.29. The average molecular weight is 520 g/mol. The molecule has 1 aliphatic heterocycles. The average Bonchev–Trinajstić information content (AvgIpc) is 3.12. The summed E-state index contributed by atoms with van der Waals surface area (Å²) in [5.41, 5.74) is -2.41. The van der Waals surface area contributed by atoms with E-state index in [2.05, 4.69) is 5.32 Å². The number of anilines is 1. The van der Waals surface area contributed by atoms with Crippen molar-refractivity contribution >= 4 is 33.0 Å². The first-order chi connectivity index (χ1) is 16.6. The highest BCUT2D eigenvalue weighted by atomic mass is 35.5. The topological polar surface area (TPSA) is 120 Å². The van der Waals surface area contributed by atoms with Crippen molar-refractivity contribution in [2.45, 2.75) is 15.4 Å². The fourth-order valence-electron chi connectivity index (χ4n) is 4.01. The standard InChI is InChI=1S/C24H22ClNO8S/c1-31-14-5-7-18(33-3)16(11-14)24(28)17-9-13(25)10-21(22(17)26-23(24)27)35(29,30)20-8-6-15(32-2)12-19(20)34-4/h5-12,28H,1-4H3,(H,26,27). The highest BCUT2D eigenvalue weighted by Crippen LogP contribution is 2.49. The summed E-state index contributed by atoms with van der Waals surface area (Å²) in [5.74, 6) is 0.0994. The molecule has 0 bridgehead atoms. The number of carbonyl (C=O) groups is 1. The Bertz CT molecular complexity index is 1440. The van der Waals surface area contributed by atoms with Crippen molar-refractivity contribution in [3.05, 3.63) is 64.7 Å². The maximum absolute atomic E-state index is 13.7. The minimum atomic E-state index is -4.29. The smallest absolute Gasteiger partial charge is 0.266 e. The quantitative estimate of drug-likeness (QED) is 0.487. The Balaban J connectivity index is 1.98. The summed E-state index contributed by atoms with van der Waals surface area (Å²) in [4.78, 5) is 12.7. The summed E-state index contributed by atoms with van der Waals surface area (Å²) < 4.78 is 48.5. The molecule has 0 saturated heterocycles. The van der Waals surface area contributed by atoms with E-state index in [1.807, 2.05) is 0 Å². The molecule has 1 unspecified atom stereocenters. The van der Waals surface area contributed by atoms with Crippen molar-refractivity contribution in [3.8, 4) is 23.0 Å². The van der Waals surface area contributed by atoms with Gasteiger partial charge in [0.15, 0.2) is 5.60 Å². The molecule has 3 aromatic rings. The van der Waals surface area contributed by atoms with E-state index < -0.39 is 21.3 Å². The molecule has 0 aromatic heterocycles. The van der Waals surface area contributed by atoms with Crippen LogP contribution in [0.25, 0.3) is 0 Å². The van der Waals surface area contributed by atoms with Crippen LogP contribution in [0.5, 0.6) is 23.0 Å².